The fourth-order valence-electron chi connectivity index (χ4n) is 5.51. The third kappa shape index (κ3) is 3.38. The molecule has 0 spiro atoms. The van der Waals surface area contributed by atoms with Gasteiger partial charge in [0.25, 0.3) is 11.8 Å². The number of aromatic amines is 2. The number of nitrogens with zero attached hydrogens (tertiary/aromatic N) is 3. The van der Waals surface area contributed by atoms with Crippen LogP contribution in [0.2, 0.25) is 0 Å². The highest BCUT2D eigenvalue weighted by Crippen LogP contribution is 2.41. The number of hydrazone groups is 1. The summed E-state index contributed by atoms with van der Waals surface area (Å²) in [5, 5.41) is 10.2. The average Bonchev–Trinajstić information content (AvgIpc) is 3.48. The van der Waals surface area contributed by atoms with Crippen LogP contribution in [0.5, 0.6) is 0 Å². The van der Waals surface area contributed by atoms with E-state index in [1.807, 2.05) is 54.7 Å². The molecule has 2 aromatic heterocycles. The first-order chi connectivity index (χ1) is 17.5. The van der Waals surface area contributed by atoms with E-state index in [0.29, 0.717) is 25.9 Å². The fourth-order valence-corrected chi connectivity index (χ4v) is 5.51. The van der Waals surface area contributed by atoms with Crippen LogP contribution in [-0.2, 0) is 32.8 Å². The molecule has 9 nitrogen and oxygen atoms in total. The Morgan fingerprint density at radius 1 is 1.11 bits per heavy atom. The topological polar surface area (TPSA) is 114 Å². The summed E-state index contributed by atoms with van der Waals surface area (Å²) < 4.78 is 0. The molecule has 3 N–H and O–H groups in total. The molecule has 36 heavy (non-hydrogen) atoms. The maximum absolute atomic E-state index is 13.6. The predicted octanol–water partition coefficient (Wildman–Crippen LogP) is 2.44. The van der Waals surface area contributed by atoms with E-state index in [1.54, 1.807) is 11.8 Å². The van der Waals surface area contributed by atoms with Gasteiger partial charge in [-0.2, -0.15) is 5.10 Å². The molecule has 0 radical (unpaired) electrons. The standard InChI is InChI=1S/C27H26N6O3/c1-27-25-20(19-7-3-5-9-22(19)31-25)11-13-32(27)24(35)16-33(26(27)36)30-15-23(34)28-12-10-17-14-29-21-8-4-2-6-18(17)21/h2-9,14-15,29,31H,10-13,16H2,1H3,(H,28,34)/b30-15-/t27-/m0/s1. The molecule has 0 aliphatic carbocycles. The number of piperazine rings is 1. The fraction of sp³-hybridized carbons (Fsp3) is 0.259. The summed E-state index contributed by atoms with van der Waals surface area (Å²) in [6, 6.07) is 15.9. The maximum Gasteiger partial charge on any atom is 0.275 e. The molecule has 2 aliphatic heterocycles. The monoisotopic (exact) mass is 482 g/mol. The molecule has 1 saturated heterocycles. The molecule has 3 amide bonds. The summed E-state index contributed by atoms with van der Waals surface area (Å²) in [7, 11) is 0. The number of H-pyrrole nitrogens is 2. The minimum atomic E-state index is -1.20. The second-order valence-electron chi connectivity index (χ2n) is 9.40. The van der Waals surface area contributed by atoms with Crippen LogP contribution in [0.3, 0.4) is 0 Å². The van der Waals surface area contributed by atoms with Gasteiger partial charge in [0, 0.05) is 41.1 Å². The number of hydrogen-bond acceptors (Lipinski definition) is 4. The van der Waals surface area contributed by atoms with E-state index in [9.17, 15) is 14.4 Å². The second kappa shape index (κ2) is 8.37. The van der Waals surface area contributed by atoms with Gasteiger partial charge in [0.2, 0.25) is 5.91 Å². The molecular weight excluding hydrogens is 456 g/mol. The normalized spacial score (nSPS) is 19.8. The Morgan fingerprint density at radius 2 is 1.86 bits per heavy atom. The molecule has 182 valence electrons. The number of para-hydroxylation sites is 2. The van der Waals surface area contributed by atoms with E-state index < -0.39 is 11.4 Å². The van der Waals surface area contributed by atoms with Gasteiger partial charge in [0.1, 0.15) is 12.8 Å². The number of amides is 3. The largest absolute Gasteiger partial charge is 0.361 e. The number of rotatable bonds is 5. The predicted molar refractivity (Wildman–Crippen MR) is 136 cm³/mol. The van der Waals surface area contributed by atoms with Gasteiger partial charge in [-0.25, -0.2) is 5.01 Å². The zero-order chi connectivity index (χ0) is 24.9. The van der Waals surface area contributed by atoms with E-state index in [2.05, 4.69) is 20.4 Å². The number of hydrogen-bond donors (Lipinski definition) is 3. The van der Waals surface area contributed by atoms with Gasteiger partial charge in [-0.05, 0) is 43.0 Å². The lowest BCUT2D eigenvalue weighted by molar-refractivity contribution is -0.165. The molecule has 0 saturated carbocycles. The highest BCUT2D eigenvalue weighted by atomic mass is 16.2. The number of carbonyl (C=O) groups excluding carboxylic acids is 3. The highest BCUT2D eigenvalue weighted by Gasteiger charge is 2.54. The molecule has 0 bridgehead atoms. The molecule has 9 heteroatoms. The van der Waals surface area contributed by atoms with Crippen LogP contribution in [0.25, 0.3) is 21.8 Å². The van der Waals surface area contributed by atoms with Crippen LogP contribution in [0.15, 0.2) is 59.8 Å². The number of aromatic nitrogens is 2. The Labute approximate surface area is 207 Å². The first kappa shape index (κ1) is 22.1. The molecule has 0 unspecified atom stereocenters. The van der Waals surface area contributed by atoms with Crippen LogP contribution in [0.4, 0.5) is 0 Å². The van der Waals surface area contributed by atoms with Gasteiger partial charge < -0.3 is 20.2 Å². The van der Waals surface area contributed by atoms with Crippen LogP contribution in [-0.4, -0.2) is 63.4 Å². The Balaban J connectivity index is 1.17. The maximum atomic E-state index is 13.6. The van der Waals surface area contributed by atoms with Gasteiger partial charge in [-0.3, -0.25) is 14.4 Å². The number of nitrogens with one attached hydrogen (secondary N) is 3. The summed E-state index contributed by atoms with van der Waals surface area (Å²) in [6.07, 6.45) is 4.35. The quantitative estimate of drug-likeness (QED) is 0.380. The Kier molecular flexibility index (Phi) is 5.13. The lowest BCUT2D eigenvalue weighted by atomic mass is 9.83. The van der Waals surface area contributed by atoms with E-state index in [1.165, 1.54) is 0 Å². The lowest BCUT2D eigenvalue weighted by Crippen LogP contribution is -2.65. The van der Waals surface area contributed by atoms with Gasteiger partial charge in [-0.15, -0.1) is 0 Å². The van der Waals surface area contributed by atoms with Gasteiger partial charge in [-0.1, -0.05) is 36.4 Å². The molecule has 4 heterocycles. The van der Waals surface area contributed by atoms with E-state index in [-0.39, 0.29) is 18.4 Å². The average molecular weight is 483 g/mol. The van der Waals surface area contributed by atoms with E-state index in [0.717, 1.165) is 49.9 Å². The molecule has 2 aliphatic rings. The third-order valence-electron chi connectivity index (χ3n) is 7.35. The van der Waals surface area contributed by atoms with Crippen LogP contribution in [0, 0.1) is 0 Å². The van der Waals surface area contributed by atoms with Crippen LogP contribution in [0.1, 0.15) is 23.7 Å². The van der Waals surface area contributed by atoms with E-state index >= 15 is 0 Å². The third-order valence-corrected chi connectivity index (χ3v) is 7.35. The van der Waals surface area contributed by atoms with Crippen molar-refractivity contribution in [1.29, 1.82) is 0 Å². The molecule has 4 aromatic rings. The van der Waals surface area contributed by atoms with Crippen molar-refractivity contribution in [2.75, 3.05) is 19.6 Å². The smallest absolute Gasteiger partial charge is 0.275 e. The van der Waals surface area contributed by atoms with Gasteiger partial charge >= 0.3 is 0 Å². The lowest BCUT2D eigenvalue weighted by Gasteiger charge is -2.48. The van der Waals surface area contributed by atoms with Crippen molar-refractivity contribution in [2.45, 2.75) is 25.3 Å². The van der Waals surface area contributed by atoms with Crippen molar-refractivity contribution in [3.63, 3.8) is 0 Å². The first-order valence-corrected chi connectivity index (χ1v) is 12.1. The summed E-state index contributed by atoms with van der Waals surface area (Å²) in [6.45, 7) is 2.44. The second-order valence-corrected chi connectivity index (χ2v) is 9.40. The van der Waals surface area contributed by atoms with Gasteiger partial charge in [0.05, 0.1) is 5.69 Å². The molecule has 1 fully saturated rings. The van der Waals surface area contributed by atoms with Crippen molar-refractivity contribution in [2.24, 2.45) is 5.10 Å². The molecule has 1 atom stereocenters. The zero-order valence-corrected chi connectivity index (χ0v) is 19.9. The molecule has 6 rings (SSSR count). The summed E-state index contributed by atoms with van der Waals surface area (Å²) in [5.41, 5.74) is 3.66. The van der Waals surface area contributed by atoms with Crippen molar-refractivity contribution in [3.05, 3.63) is 71.5 Å². The molecule has 2 aromatic carbocycles. The van der Waals surface area contributed by atoms with Crippen LogP contribution >= 0.6 is 0 Å². The number of benzene rings is 2. The molecular formula is C27H26N6O3. The van der Waals surface area contributed by atoms with Gasteiger partial charge in [0.15, 0.2) is 5.54 Å². The Morgan fingerprint density at radius 3 is 2.69 bits per heavy atom. The highest BCUT2D eigenvalue weighted by molar-refractivity contribution is 6.26. The minimum absolute atomic E-state index is 0.191. The van der Waals surface area contributed by atoms with Crippen molar-refractivity contribution in [1.82, 2.24) is 25.2 Å². The minimum Gasteiger partial charge on any atom is -0.361 e. The van der Waals surface area contributed by atoms with E-state index in [4.69, 9.17) is 0 Å². The first-order valence-electron chi connectivity index (χ1n) is 12.1. The van der Waals surface area contributed by atoms with Crippen molar-refractivity contribution >= 4 is 45.7 Å². The number of fused-ring (bicyclic) bond motifs is 6. The summed E-state index contributed by atoms with van der Waals surface area (Å²) >= 11 is 0. The Hall–Kier alpha value is -4.40. The summed E-state index contributed by atoms with van der Waals surface area (Å²) in [5.74, 6) is -0.951. The SMILES string of the molecule is C[C@]12C(=O)N(/N=C\C(=O)NCCc3c[nH]c4ccccc34)CC(=O)N1CCc1c2[nH]c2ccccc12. The number of carbonyl (C=O) groups is 3. The van der Waals surface area contributed by atoms with Crippen LogP contribution < -0.4 is 5.32 Å². The zero-order valence-electron chi connectivity index (χ0n) is 19.9. The van der Waals surface area contributed by atoms with Crippen molar-refractivity contribution < 1.29 is 14.4 Å². The Bertz CT molecular complexity index is 1550. The van der Waals surface area contributed by atoms with Crippen molar-refractivity contribution in [3.8, 4) is 0 Å². The summed E-state index contributed by atoms with van der Waals surface area (Å²) in [4.78, 5) is 47.3.